The average Bonchev–Trinajstić information content (AvgIpc) is 2.41. The summed E-state index contributed by atoms with van der Waals surface area (Å²) in [5.41, 5.74) is -0.600. The third kappa shape index (κ3) is 0.808. The third-order valence-electron chi connectivity index (χ3n) is 4.70. The molecular weight excluding hydrogens is 168 g/mol. The summed E-state index contributed by atoms with van der Waals surface area (Å²) in [5.74, 6) is 0.148. The van der Waals surface area contributed by atoms with Crippen molar-refractivity contribution in [2.75, 3.05) is 6.61 Å². The minimum atomic E-state index is -0.744. The molecule has 4 atom stereocenters. The highest BCUT2D eigenvalue weighted by Gasteiger charge is 2.67. The van der Waals surface area contributed by atoms with Gasteiger partial charge in [-0.1, -0.05) is 13.8 Å². The molecule has 0 saturated heterocycles. The zero-order chi connectivity index (χ0) is 9.85. The normalized spacial score (nSPS) is 52.8. The summed E-state index contributed by atoms with van der Waals surface area (Å²) in [6.45, 7) is 4.06. The van der Waals surface area contributed by atoms with Crippen LogP contribution >= 0.6 is 0 Å². The van der Waals surface area contributed by atoms with Gasteiger partial charge in [-0.15, -0.1) is 0 Å². The number of aliphatic hydroxyl groups is 3. The zero-order valence-electron chi connectivity index (χ0n) is 8.20. The summed E-state index contributed by atoms with van der Waals surface area (Å²) in [7, 11) is 0. The molecule has 0 radical (unpaired) electrons. The molecule has 0 aromatic rings. The molecule has 2 rings (SSSR count). The Bertz CT molecular complexity index is 226. The molecule has 0 aliphatic heterocycles. The summed E-state index contributed by atoms with van der Waals surface area (Å²) in [6.07, 6.45) is 0.368. The predicted molar refractivity (Wildman–Crippen MR) is 48.0 cm³/mol. The molecule has 0 aromatic heterocycles. The smallest absolute Gasteiger partial charge is 0.0885 e. The van der Waals surface area contributed by atoms with Crippen LogP contribution in [0.4, 0.5) is 0 Å². The van der Waals surface area contributed by atoms with Gasteiger partial charge in [-0.3, -0.25) is 0 Å². The lowest BCUT2D eigenvalue weighted by Gasteiger charge is -2.38. The zero-order valence-corrected chi connectivity index (χ0v) is 8.20. The highest BCUT2D eigenvalue weighted by molar-refractivity contribution is 5.16. The van der Waals surface area contributed by atoms with E-state index in [1.54, 1.807) is 0 Å². The molecule has 0 spiro atoms. The molecule has 3 heteroatoms. The summed E-state index contributed by atoms with van der Waals surface area (Å²) in [4.78, 5) is 0. The van der Waals surface area contributed by atoms with Crippen molar-refractivity contribution < 1.29 is 15.3 Å². The quantitative estimate of drug-likeness (QED) is 0.546. The lowest BCUT2D eigenvalue weighted by Crippen LogP contribution is -2.44. The van der Waals surface area contributed by atoms with E-state index < -0.39 is 17.6 Å². The van der Waals surface area contributed by atoms with E-state index in [9.17, 15) is 15.3 Å². The molecule has 2 saturated carbocycles. The van der Waals surface area contributed by atoms with Gasteiger partial charge in [0.15, 0.2) is 0 Å². The van der Waals surface area contributed by atoms with Crippen LogP contribution in [0.2, 0.25) is 0 Å². The average molecular weight is 186 g/mol. The first-order valence-corrected chi connectivity index (χ1v) is 4.94. The Morgan fingerprint density at radius 1 is 1.31 bits per heavy atom. The maximum atomic E-state index is 9.86. The Kier molecular flexibility index (Phi) is 1.79. The Labute approximate surface area is 78.4 Å². The van der Waals surface area contributed by atoms with E-state index in [0.717, 1.165) is 12.8 Å². The second-order valence-corrected chi connectivity index (χ2v) is 5.12. The van der Waals surface area contributed by atoms with E-state index in [0.29, 0.717) is 0 Å². The van der Waals surface area contributed by atoms with Crippen molar-refractivity contribution in [3.8, 4) is 0 Å². The molecule has 76 valence electrons. The van der Waals surface area contributed by atoms with Crippen molar-refractivity contribution in [3.63, 3.8) is 0 Å². The second-order valence-electron chi connectivity index (χ2n) is 5.12. The molecule has 0 amide bonds. The Balaban J connectivity index is 2.44. The van der Waals surface area contributed by atoms with Gasteiger partial charge in [-0.2, -0.15) is 0 Å². The predicted octanol–water partition coefficient (Wildman–Crippen LogP) is 0.137. The number of hydrogen-bond acceptors (Lipinski definition) is 3. The Morgan fingerprint density at radius 3 is 2.23 bits per heavy atom. The van der Waals surface area contributed by atoms with Crippen LogP contribution < -0.4 is 0 Å². The fourth-order valence-corrected chi connectivity index (χ4v) is 3.52. The molecule has 2 bridgehead atoms. The van der Waals surface area contributed by atoms with E-state index in [-0.39, 0.29) is 17.9 Å². The van der Waals surface area contributed by atoms with Gasteiger partial charge < -0.3 is 15.3 Å². The molecule has 0 unspecified atom stereocenters. The fourth-order valence-electron chi connectivity index (χ4n) is 3.52. The van der Waals surface area contributed by atoms with Crippen molar-refractivity contribution in [1.82, 2.24) is 0 Å². The molecule has 3 N–H and O–H groups in total. The largest absolute Gasteiger partial charge is 0.396 e. The summed E-state index contributed by atoms with van der Waals surface area (Å²) in [6, 6.07) is 0. The molecule has 2 aliphatic carbocycles. The van der Waals surface area contributed by atoms with Crippen molar-refractivity contribution in [2.24, 2.45) is 16.7 Å². The first kappa shape index (κ1) is 9.44. The fraction of sp³-hybridized carbons (Fsp3) is 1.00. The number of fused-ring (bicyclic) bond motifs is 2. The van der Waals surface area contributed by atoms with Gasteiger partial charge in [-0.25, -0.2) is 0 Å². The number of rotatable bonds is 1. The molecular formula is C10H18O3. The van der Waals surface area contributed by atoms with Crippen LogP contribution in [-0.4, -0.2) is 34.1 Å². The monoisotopic (exact) mass is 186 g/mol. The molecule has 2 aliphatic rings. The summed E-state index contributed by atoms with van der Waals surface area (Å²) < 4.78 is 0. The number of hydrogen-bond donors (Lipinski definition) is 3. The van der Waals surface area contributed by atoms with E-state index in [1.807, 2.05) is 13.8 Å². The van der Waals surface area contributed by atoms with E-state index in [1.165, 1.54) is 0 Å². The van der Waals surface area contributed by atoms with Crippen LogP contribution in [0.5, 0.6) is 0 Å². The van der Waals surface area contributed by atoms with Gasteiger partial charge in [0.25, 0.3) is 0 Å². The summed E-state index contributed by atoms with van der Waals surface area (Å²) in [5, 5.41) is 29.0. The van der Waals surface area contributed by atoms with Crippen molar-refractivity contribution >= 4 is 0 Å². The second kappa shape index (κ2) is 2.47. The minimum absolute atomic E-state index is 0.0191. The van der Waals surface area contributed by atoms with Crippen LogP contribution in [-0.2, 0) is 0 Å². The van der Waals surface area contributed by atoms with Gasteiger partial charge in [0, 0.05) is 5.41 Å². The Hall–Kier alpha value is -0.120. The van der Waals surface area contributed by atoms with E-state index in [4.69, 9.17) is 0 Å². The number of aliphatic hydroxyl groups excluding tert-OH is 3. The third-order valence-corrected chi connectivity index (χ3v) is 4.70. The molecule has 2 fully saturated rings. The highest BCUT2D eigenvalue weighted by atomic mass is 16.3. The molecule has 0 heterocycles. The SMILES string of the molecule is CC1(C)[C@H]2CC[C@@]1(CO)[C@H](O)[C@H]2O. The van der Waals surface area contributed by atoms with Crippen LogP contribution in [0, 0.1) is 16.7 Å². The van der Waals surface area contributed by atoms with Crippen molar-refractivity contribution in [1.29, 1.82) is 0 Å². The molecule has 13 heavy (non-hydrogen) atoms. The molecule has 0 aromatic carbocycles. The van der Waals surface area contributed by atoms with E-state index >= 15 is 0 Å². The van der Waals surface area contributed by atoms with Gasteiger partial charge in [0.2, 0.25) is 0 Å². The van der Waals surface area contributed by atoms with Crippen LogP contribution in [0.1, 0.15) is 26.7 Å². The standard InChI is InChI=1S/C10H18O3/c1-9(2)6-3-4-10(9,5-11)8(13)7(6)12/h6-8,11-13H,3-5H2,1-2H3/t6-,7-,8+,10+/m0/s1. The maximum absolute atomic E-state index is 9.86. The lowest BCUT2D eigenvalue weighted by molar-refractivity contribution is -0.0822. The highest BCUT2D eigenvalue weighted by Crippen LogP contribution is 2.65. The van der Waals surface area contributed by atoms with Crippen LogP contribution in [0.3, 0.4) is 0 Å². The van der Waals surface area contributed by atoms with Gasteiger partial charge >= 0.3 is 0 Å². The summed E-state index contributed by atoms with van der Waals surface area (Å²) >= 11 is 0. The first-order chi connectivity index (χ1) is 5.97. The van der Waals surface area contributed by atoms with Crippen molar-refractivity contribution in [2.45, 2.75) is 38.9 Å². The van der Waals surface area contributed by atoms with Crippen molar-refractivity contribution in [3.05, 3.63) is 0 Å². The minimum Gasteiger partial charge on any atom is -0.396 e. The topological polar surface area (TPSA) is 60.7 Å². The van der Waals surface area contributed by atoms with E-state index in [2.05, 4.69) is 0 Å². The van der Waals surface area contributed by atoms with Gasteiger partial charge in [0.1, 0.15) is 0 Å². The van der Waals surface area contributed by atoms with Gasteiger partial charge in [0.05, 0.1) is 18.8 Å². The first-order valence-electron chi connectivity index (χ1n) is 4.94. The molecule has 3 nitrogen and oxygen atoms in total. The Morgan fingerprint density at radius 2 is 1.92 bits per heavy atom. The lowest BCUT2D eigenvalue weighted by atomic mass is 9.69. The van der Waals surface area contributed by atoms with Crippen LogP contribution in [0.15, 0.2) is 0 Å². The van der Waals surface area contributed by atoms with Gasteiger partial charge in [-0.05, 0) is 24.2 Å². The van der Waals surface area contributed by atoms with Crippen LogP contribution in [0.25, 0.3) is 0 Å². The maximum Gasteiger partial charge on any atom is 0.0885 e.